The predicted octanol–water partition coefficient (Wildman–Crippen LogP) is 2.92. The molecule has 0 saturated heterocycles. The Morgan fingerprint density at radius 3 is 2.80 bits per heavy atom. The van der Waals surface area contributed by atoms with Gasteiger partial charge in [0.05, 0.1) is 12.7 Å². The first-order valence-electron chi connectivity index (χ1n) is 6.41. The van der Waals surface area contributed by atoms with Crippen LogP contribution in [0.4, 0.5) is 0 Å². The van der Waals surface area contributed by atoms with Gasteiger partial charge in [-0.3, -0.25) is 0 Å². The normalized spacial score (nSPS) is 12.1. The number of benzene rings is 1. The molecule has 1 aromatic carbocycles. The smallest absolute Gasteiger partial charge is 0.360 e. The Balaban J connectivity index is 1.93. The second-order valence-electron chi connectivity index (χ2n) is 4.37. The van der Waals surface area contributed by atoms with E-state index in [0.29, 0.717) is 18.9 Å². The molecule has 106 valence electrons. The molecule has 0 aliphatic carbocycles. The summed E-state index contributed by atoms with van der Waals surface area (Å²) in [6.07, 6.45) is 2.01. The standard InChI is InChI=1S/C15H17NO4/c1-11(18-2)8-9-19-15(17)13-10-20-14(16-13)12-6-4-3-5-7-12/h3-7,10-11H,8-9H2,1-2H3/t11-/m0/s1. The van der Waals surface area contributed by atoms with E-state index in [-0.39, 0.29) is 11.8 Å². The summed E-state index contributed by atoms with van der Waals surface area (Å²) in [5.41, 5.74) is 0.994. The molecular weight excluding hydrogens is 258 g/mol. The van der Waals surface area contributed by atoms with Crippen molar-refractivity contribution in [3.8, 4) is 11.5 Å². The molecule has 5 heteroatoms. The van der Waals surface area contributed by atoms with Crippen molar-refractivity contribution < 1.29 is 18.7 Å². The lowest BCUT2D eigenvalue weighted by atomic mass is 10.2. The van der Waals surface area contributed by atoms with Gasteiger partial charge in [0.25, 0.3) is 0 Å². The molecule has 2 rings (SSSR count). The highest BCUT2D eigenvalue weighted by molar-refractivity contribution is 5.87. The minimum Gasteiger partial charge on any atom is -0.461 e. The Morgan fingerprint density at radius 2 is 2.10 bits per heavy atom. The van der Waals surface area contributed by atoms with Crippen molar-refractivity contribution in [1.29, 1.82) is 0 Å². The van der Waals surface area contributed by atoms with Crippen LogP contribution < -0.4 is 0 Å². The number of hydrogen-bond acceptors (Lipinski definition) is 5. The fraction of sp³-hybridized carbons (Fsp3) is 0.333. The van der Waals surface area contributed by atoms with Gasteiger partial charge in [0.15, 0.2) is 5.69 Å². The van der Waals surface area contributed by atoms with Gasteiger partial charge < -0.3 is 13.9 Å². The van der Waals surface area contributed by atoms with Crippen LogP contribution in [0.25, 0.3) is 11.5 Å². The summed E-state index contributed by atoms with van der Waals surface area (Å²) in [6.45, 7) is 2.21. The molecule has 0 spiro atoms. The summed E-state index contributed by atoms with van der Waals surface area (Å²) in [5.74, 6) is -0.0814. The van der Waals surface area contributed by atoms with Gasteiger partial charge in [-0.15, -0.1) is 0 Å². The van der Waals surface area contributed by atoms with Crippen molar-refractivity contribution in [1.82, 2.24) is 4.98 Å². The Labute approximate surface area is 117 Å². The molecule has 0 radical (unpaired) electrons. The second-order valence-corrected chi connectivity index (χ2v) is 4.37. The summed E-state index contributed by atoms with van der Waals surface area (Å²) >= 11 is 0. The molecule has 5 nitrogen and oxygen atoms in total. The van der Waals surface area contributed by atoms with Crippen LogP contribution >= 0.6 is 0 Å². The minimum atomic E-state index is -0.487. The molecule has 2 aromatic rings. The average molecular weight is 275 g/mol. The van der Waals surface area contributed by atoms with E-state index in [4.69, 9.17) is 13.9 Å². The first-order chi connectivity index (χ1) is 9.70. The maximum absolute atomic E-state index is 11.8. The van der Waals surface area contributed by atoms with Gasteiger partial charge in [-0.05, 0) is 19.1 Å². The molecule has 1 aromatic heterocycles. The average Bonchev–Trinajstić information content (AvgIpc) is 2.97. The van der Waals surface area contributed by atoms with E-state index in [2.05, 4.69) is 4.98 Å². The summed E-state index contributed by atoms with van der Waals surface area (Å²) in [4.78, 5) is 15.9. The molecule has 20 heavy (non-hydrogen) atoms. The first-order valence-corrected chi connectivity index (χ1v) is 6.41. The van der Waals surface area contributed by atoms with Gasteiger partial charge in [-0.1, -0.05) is 18.2 Å². The zero-order chi connectivity index (χ0) is 14.4. The highest BCUT2D eigenvalue weighted by Crippen LogP contribution is 2.18. The van der Waals surface area contributed by atoms with Crippen LogP contribution in [0.1, 0.15) is 23.8 Å². The zero-order valence-corrected chi connectivity index (χ0v) is 11.5. The molecule has 0 aliphatic heterocycles. The molecule has 1 heterocycles. The van der Waals surface area contributed by atoms with Gasteiger partial charge >= 0.3 is 5.97 Å². The molecule has 0 bridgehead atoms. The van der Waals surface area contributed by atoms with E-state index in [1.165, 1.54) is 6.26 Å². The van der Waals surface area contributed by atoms with Crippen LogP contribution in [0.5, 0.6) is 0 Å². The van der Waals surface area contributed by atoms with Crippen molar-refractivity contribution in [2.45, 2.75) is 19.4 Å². The quantitative estimate of drug-likeness (QED) is 0.758. The largest absolute Gasteiger partial charge is 0.461 e. The molecule has 0 aliphatic rings. The van der Waals surface area contributed by atoms with E-state index in [9.17, 15) is 4.79 Å². The van der Waals surface area contributed by atoms with Crippen LogP contribution in [0.3, 0.4) is 0 Å². The van der Waals surface area contributed by atoms with Crippen molar-refractivity contribution in [3.05, 3.63) is 42.3 Å². The zero-order valence-electron chi connectivity index (χ0n) is 11.5. The summed E-state index contributed by atoms with van der Waals surface area (Å²) in [7, 11) is 1.62. The third-order valence-electron chi connectivity index (χ3n) is 2.89. The Hall–Kier alpha value is -2.14. The maximum atomic E-state index is 11.8. The monoisotopic (exact) mass is 275 g/mol. The summed E-state index contributed by atoms with van der Waals surface area (Å²) in [6, 6.07) is 9.38. The molecular formula is C15H17NO4. The summed E-state index contributed by atoms with van der Waals surface area (Å²) in [5, 5.41) is 0. The third-order valence-corrected chi connectivity index (χ3v) is 2.89. The molecule has 0 saturated carbocycles. The number of methoxy groups -OCH3 is 1. The molecule has 0 N–H and O–H groups in total. The summed E-state index contributed by atoms with van der Waals surface area (Å²) < 4.78 is 15.5. The molecule has 0 fully saturated rings. The highest BCUT2D eigenvalue weighted by Gasteiger charge is 2.14. The maximum Gasteiger partial charge on any atom is 0.360 e. The topological polar surface area (TPSA) is 61.6 Å². The van der Waals surface area contributed by atoms with E-state index < -0.39 is 5.97 Å². The van der Waals surface area contributed by atoms with Gasteiger partial charge in [-0.25, -0.2) is 9.78 Å². The van der Waals surface area contributed by atoms with E-state index >= 15 is 0 Å². The number of hydrogen-bond donors (Lipinski definition) is 0. The lowest BCUT2D eigenvalue weighted by molar-refractivity contribution is 0.0385. The Morgan fingerprint density at radius 1 is 1.35 bits per heavy atom. The fourth-order valence-corrected chi connectivity index (χ4v) is 1.59. The minimum absolute atomic E-state index is 0.0555. The lowest BCUT2D eigenvalue weighted by Gasteiger charge is -2.08. The number of nitrogens with zero attached hydrogens (tertiary/aromatic N) is 1. The van der Waals surface area contributed by atoms with Gasteiger partial charge in [-0.2, -0.15) is 0 Å². The van der Waals surface area contributed by atoms with Gasteiger partial charge in [0, 0.05) is 19.1 Å². The number of carbonyl (C=O) groups excluding carboxylic acids is 1. The highest BCUT2D eigenvalue weighted by atomic mass is 16.5. The van der Waals surface area contributed by atoms with Crippen LogP contribution in [-0.4, -0.2) is 30.8 Å². The number of carbonyl (C=O) groups is 1. The van der Waals surface area contributed by atoms with E-state index in [0.717, 1.165) is 5.56 Å². The predicted molar refractivity (Wildman–Crippen MR) is 73.3 cm³/mol. The van der Waals surface area contributed by atoms with Crippen molar-refractivity contribution in [3.63, 3.8) is 0 Å². The van der Waals surface area contributed by atoms with Crippen LogP contribution in [-0.2, 0) is 9.47 Å². The number of ether oxygens (including phenoxy) is 2. The number of esters is 1. The van der Waals surface area contributed by atoms with Crippen LogP contribution in [0, 0.1) is 0 Å². The molecule has 0 unspecified atom stereocenters. The van der Waals surface area contributed by atoms with Crippen molar-refractivity contribution >= 4 is 5.97 Å². The van der Waals surface area contributed by atoms with Crippen molar-refractivity contribution in [2.24, 2.45) is 0 Å². The first kappa shape index (κ1) is 14.3. The fourth-order valence-electron chi connectivity index (χ4n) is 1.59. The SMILES string of the molecule is CO[C@@H](C)CCOC(=O)c1coc(-c2ccccc2)n1. The number of oxazole rings is 1. The van der Waals surface area contributed by atoms with Crippen LogP contribution in [0.15, 0.2) is 41.0 Å². The second kappa shape index (κ2) is 6.86. The Bertz CT molecular complexity index is 550. The Kier molecular flexibility index (Phi) is 4.90. The molecule has 1 atom stereocenters. The van der Waals surface area contributed by atoms with E-state index in [1.807, 2.05) is 37.3 Å². The molecule has 0 amide bonds. The van der Waals surface area contributed by atoms with Gasteiger partial charge in [0.1, 0.15) is 6.26 Å². The van der Waals surface area contributed by atoms with E-state index in [1.54, 1.807) is 7.11 Å². The lowest BCUT2D eigenvalue weighted by Crippen LogP contribution is -2.13. The third kappa shape index (κ3) is 3.68. The number of rotatable bonds is 6. The van der Waals surface area contributed by atoms with Crippen molar-refractivity contribution in [2.75, 3.05) is 13.7 Å². The number of aromatic nitrogens is 1. The van der Waals surface area contributed by atoms with Crippen LogP contribution in [0.2, 0.25) is 0 Å². The van der Waals surface area contributed by atoms with Gasteiger partial charge in [0.2, 0.25) is 5.89 Å².